The van der Waals surface area contributed by atoms with Gasteiger partial charge >= 0.3 is 5.97 Å². The van der Waals surface area contributed by atoms with Crippen LogP contribution in [0.5, 0.6) is 0 Å². The van der Waals surface area contributed by atoms with Crippen molar-refractivity contribution >= 4 is 39.9 Å². The van der Waals surface area contributed by atoms with Crippen molar-refractivity contribution in [3.8, 4) is 0 Å². The monoisotopic (exact) mass is 344 g/mol. The highest BCUT2D eigenvalue weighted by Crippen LogP contribution is 2.32. The zero-order chi connectivity index (χ0) is 17.3. The Balaban J connectivity index is 2.19. The molecule has 3 rings (SSSR count). The zero-order valence-electron chi connectivity index (χ0n) is 12.7. The molecule has 0 amide bonds. The Labute approximate surface area is 141 Å². The molecule has 2 aromatic heterocycles. The number of anilines is 1. The topological polar surface area (TPSA) is 111 Å². The van der Waals surface area contributed by atoms with E-state index in [-0.39, 0.29) is 34.9 Å². The SMILES string of the molecule is CCOC(=O)c1cc(Cl)cc2[nH]c(C(=O)c3cncnc3)c(N)c12. The van der Waals surface area contributed by atoms with E-state index < -0.39 is 5.97 Å². The number of hydrogen-bond donors (Lipinski definition) is 2. The third-order valence-electron chi connectivity index (χ3n) is 3.45. The third kappa shape index (κ3) is 2.69. The van der Waals surface area contributed by atoms with Crippen molar-refractivity contribution in [3.05, 3.63) is 52.7 Å². The summed E-state index contributed by atoms with van der Waals surface area (Å²) in [6, 6.07) is 3.06. The molecule has 3 aromatic rings. The van der Waals surface area contributed by atoms with E-state index >= 15 is 0 Å². The number of nitrogen functional groups attached to an aromatic ring is 1. The fourth-order valence-electron chi connectivity index (χ4n) is 2.43. The summed E-state index contributed by atoms with van der Waals surface area (Å²) in [5.74, 6) is -0.937. The number of esters is 1. The van der Waals surface area contributed by atoms with Gasteiger partial charge in [0.25, 0.3) is 0 Å². The van der Waals surface area contributed by atoms with Gasteiger partial charge in [-0.3, -0.25) is 4.79 Å². The molecule has 24 heavy (non-hydrogen) atoms. The Morgan fingerprint density at radius 3 is 2.67 bits per heavy atom. The van der Waals surface area contributed by atoms with E-state index in [2.05, 4.69) is 15.0 Å². The number of aromatic amines is 1. The van der Waals surface area contributed by atoms with Crippen LogP contribution in [0.2, 0.25) is 5.02 Å². The van der Waals surface area contributed by atoms with Crippen LogP contribution in [-0.4, -0.2) is 33.3 Å². The minimum atomic E-state index is -0.558. The molecule has 0 spiro atoms. The van der Waals surface area contributed by atoms with Crippen LogP contribution in [0.1, 0.15) is 33.3 Å². The van der Waals surface area contributed by atoms with Crippen LogP contribution in [0.15, 0.2) is 30.9 Å². The van der Waals surface area contributed by atoms with Crippen LogP contribution in [0.4, 0.5) is 5.69 Å². The van der Waals surface area contributed by atoms with Gasteiger partial charge in [0.2, 0.25) is 5.78 Å². The lowest BCUT2D eigenvalue weighted by Crippen LogP contribution is -2.07. The third-order valence-corrected chi connectivity index (χ3v) is 3.66. The molecule has 0 radical (unpaired) electrons. The summed E-state index contributed by atoms with van der Waals surface area (Å²) in [6.45, 7) is 1.91. The number of nitrogens with zero attached hydrogens (tertiary/aromatic N) is 2. The molecule has 0 aliphatic heterocycles. The fraction of sp³-hybridized carbons (Fsp3) is 0.125. The van der Waals surface area contributed by atoms with Crippen molar-refractivity contribution in [2.75, 3.05) is 12.3 Å². The molecular weight excluding hydrogens is 332 g/mol. The summed E-state index contributed by atoms with van der Waals surface area (Å²) in [5.41, 5.74) is 7.37. The van der Waals surface area contributed by atoms with Crippen molar-refractivity contribution in [3.63, 3.8) is 0 Å². The molecular formula is C16H13ClN4O3. The second-order valence-corrected chi connectivity index (χ2v) is 5.40. The standard InChI is InChI=1S/C16H13ClN4O3/c1-2-24-16(23)10-3-9(17)4-11-12(10)13(18)14(21-11)15(22)8-5-19-7-20-6-8/h3-7,21H,2,18H2,1H3. The normalized spacial score (nSPS) is 10.8. The van der Waals surface area contributed by atoms with Gasteiger partial charge in [-0.15, -0.1) is 0 Å². The number of carbonyl (C=O) groups is 2. The minimum absolute atomic E-state index is 0.146. The van der Waals surface area contributed by atoms with Gasteiger partial charge in [0.15, 0.2) is 0 Å². The second-order valence-electron chi connectivity index (χ2n) is 4.97. The highest BCUT2D eigenvalue weighted by Gasteiger charge is 2.23. The maximum atomic E-state index is 12.6. The number of H-pyrrole nitrogens is 1. The summed E-state index contributed by atoms with van der Waals surface area (Å²) in [4.78, 5) is 35.3. The van der Waals surface area contributed by atoms with E-state index in [9.17, 15) is 9.59 Å². The van der Waals surface area contributed by atoms with Crippen molar-refractivity contribution in [1.29, 1.82) is 0 Å². The molecule has 0 aliphatic carbocycles. The van der Waals surface area contributed by atoms with Crippen LogP contribution < -0.4 is 5.73 Å². The Bertz CT molecular complexity index is 937. The molecule has 122 valence electrons. The number of ketones is 1. The zero-order valence-corrected chi connectivity index (χ0v) is 13.4. The Morgan fingerprint density at radius 1 is 1.29 bits per heavy atom. The average molecular weight is 345 g/mol. The van der Waals surface area contributed by atoms with E-state index in [0.717, 1.165) is 0 Å². The Hall–Kier alpha value is -2.93. The smallest absolute Gasteiger partial charge is 0.338 e. The van der Waals surface area contributed by atoms with E-state index in [4.69, 9.17) is 22.1 Å². The van der Waals surface area contributed by atoms with Gasteiger partial charge in [-0.1, -0.05) is 11.6 Å². The predicted octanol–water partition coefficient (Wildman–Crippen LogP) is 2.60. The van der Waals surface area contributed by atoms with Gasteiger partial charge in [0.05, 0.1) is 28.9 Å². The van der Waals surface area contributed by atoms with Gasteiger partial charge in [-0.2, -0.15) is 0 Å². The number of fused-ring (bicyclic) bond motifs is 1. The summed E-state index contributed by atoms with van der Waals surface area (Å²) in [5, 5.41) is 0.729. The summed E-state index contributed by atoms with van der Waals surface area (Å²) < 4.78 is 5.03. The van der Waals surface area contributed by atoms with Crippen molar-refractivity contribution in [1.82, 2.24) is 15.0 Å². The number of ether oxygens (including phenoxy) is 1. The van der Waals surface area contributed by atoms with Gasteiger partial charge in [-0.05, 0) is 19.1 Å². The lowest BCUT2D eigenvalue weighted by molar-refractivity contribution is 0.0528. The van der Waals surface area contributed by atoms with Crippen molar-refractivity contribution in [2.24, 2.45) is 0 Å². The van der Waals surface area contributed by atoms with Gasteiger partial charge in [0.1, 0.15) is 12.0 Å². The first-order chi connectivity index (χ1) is 11.5. The number of benzene rings is 1. The molecule has 2 heterocycles. The van der Waals surface area contributed by atoms with E-state index in [1.165, 1.54) is 24.8 Å². The molecule has 3 N–H and O–H groups in total. The highest BCUT2D eigenvalue weighted by atomic mass is 35.5. The molecule has 0 saturated heterocycles. The molecule has 0 atom stereocenters. The average Bonchev–Trinajstić information content (AvgIpc) is 2.91. The number of rotatable bonds is 4. The van der Waals surface area contributed by atoms with Crippen molar-refractivity contribution in [2.45, 2.75) is 6.92 Å². The predicted molar refractivity (Wildman–Crippen MR) is 89.1 cm³/mol. The van der Waals surface area contributed by atoms with Gasteiger partial charge < -0.3 is 15.5 Å². The van der Waals surface area contributed by atoms with E-state index in [1.807, 2.05) is 0 Å². The second kappa shape index (κ2) is 6.29. The lowest BCUT2D eigenvalue weighted by Gasteiger charge is -2.05. The molecule has 0 unspecified atom stereocenters. The van der Waals surface area contributed by atoms with Gasteiger partial charge in [0, 0.05) is 22.8 Å². The molecule has 8 heteroatoms. The van der Waals surface area contributed by atoms with Gasteiger partial charge in [-0.25, -0.2) is 14.8 Å². The number of nitrogens with one attached hydrogen (secondary N) is 1. The molecule has 0 saturated carbocycles. The highest BCUT2D eigenvalue weighted by molar-refractivity contribution is 6.32. The number of hydrogen-bond acceptors (Lipinski definition) is 6. The van der Waals surface area contributed by atoms with E-state index in [0.29, 0.717) is 15.9 Å². The summed E-state index contributed by atoms with van der Waals surface area (Å²) >= 11 is 6.05. The summed E-state index contributed by atoms with van der Waals surface area (Å²) in [7, 11) is 0. The largest absolute Gasteiger partial charge is 0.462 e. The molecule has 1 aromatic carbocycles. The van der Waals surface area contributed by atoms with Crippen LogP contribution in [-0.2, 0) is 4.74 Å². The van der Waals surface area contributed by atoms with Crippen LogP contribution in [0.25, 0.3) is 10.9 Å². The van der Waals surface area contributed by atoms with E-state index in [1.54, 1.807) is 13.0 Å². The molecule has 0 fully saturated rings. The fourth-order valence-corrected chi connectivity index (χ4v) is 2.65. The van der Waals surface area contributed by atoms with Crippen LogP contribution in [0, 0.1) is 0 Å². The number of halogens is 1. The van der Waals surface area contributed by atoms with Crippen LogP contribution in [0.3, 0.4) is 0 Å². The first kappa shape index (κ1) is 15.9. The Morgan fingerprint density at radius 2 is 2.00 bits per heavy atom. The number of nitrogens with two attached hydrogens (primary N) is 1. The quantitative estimate of drug-likeness (QED) is 0.556. The number of carbonyl (C=O) groups excluding carboxylic acids is 2. The first-order valence-corrected chi connectivity index (χ1v) is 7.48. The number of aromatic nitrogens is 3. The lowest BCUT2D eigenvalue weighted by atomic mass is 10.1. The minimum Gasteiger partial charge on any atom is -0.462 e. The molecule has 0 aliphatic rings. The maximum Gasteiger partial charge on any atom is 0.338 e. The first-order valence-electron chi connectivity index (χ1n) is 7.10. The summed E-state index contributed by atoms with van der Waals surface area (Å²) in [6.07, 6.45) is 4.10. The van der Waals surface area contributed by atoms with Crippen LogP contribution >= 0.6 is 11.6 Å². The molecule has 0 bridgehead atoms. The Kier molecular flexibility index (Phi) is 4.18. The maximum absolute atomic E-state index is 12.6. The molecule has 7 nitrogen and oxygen atoms in total. The van der Waals surface area contributed by atoms with Crippen molar-refractivity contribution < 1.29 is 14.3 Å².